The van der Waals surface area contributed by atoms with E-state index in [1.165, 1.54) is 22.2 Å². The first-order valence-corrected chi connectivity index (χ1v) is 9.12. The zero-order valence-corrected chi connectivity index (χ0v) is 16.7. The van der Waals surface area contributed by atoms with Gasteiger partial charge in [-0.15, -0.1) is 0 Å². The smallest absolute Gasteiger partial charge is 0.577 e. The Morgan fingerprint density at radius 1 is 0.731 bits per heavy atom. The summed E-state index contributed by atoms with van der Waals surface area (Å²) in [7, 11) is 2.04. The number of carbonyl (C=O) groups excluding carboxylic acids is 1. The van der Waals surface area contributed by atoms with E-state index in [1.807, 2.05) is 0 Å². The number of hydrogen-bond acceptors (Lipinski definition) is 2. The average molecular weight is 409 g/mol. The van der Waals surface area contributed by atoms with E-state index in [-0.39, 0.29) is 30.5 Å². The number of hydrogen-bond donors (Lipinski definition) is 0. The molecule has 0 spiro atoms. The molecular weight excluding hydrogens is 386 g/mol. The third-order valence-corrected chi connectivity index (χ3v) is 6.08. The van der Waals surface area contributed by atoms with Crippen LogP contribution in [0.5, 0.6) is 0 Å². The maximum absolute atomic E-state index is 9.11. The zero-order valence-electron chi connectivity index (χ0n) is 14.7. The van der Waals surface area contributed by atoms with Crippen LogP contribution in [0.1, 0.15) is 0 Å². The predicted octanol–water partition coefficient (Wildman–Crippen LogP) is 3.53. The molecule has 0 atom stereocenters. The van der Waals surface area contributed by atoms with E-state index in [2.05, 4.69) is 103 Å². The summed E-state index contributed by atoms with van der Waals surface area (Å²) >= 11 is 0. The molecule has 0 saturated carbocycles. The van der Waals surface area contributed by atoms with Gasteiger partial charge in [-0.3, -0.25) is 0 Å². The molecule has 1 radical (unpaired) electrons. The van der Waals surface area contributed by atoms with Crippen LogP contribution in [0.3, 0.4) is 0 Å². The van der Waals surface area contributed by atoms with Gasteiger partial charge >= 0.3 is 16.5 Å². The van der Waals surface area contributed by atoms with Crippen LogP contribution in [0.4, 0.5) is 0 Å². The number of ether oxygens (including phenoxy) is 1. The van der Waals surface area contributed by atoms with Crippen molar-refractivity contribution >= 4 is 30.1 Å². The maximum Gasteiger partial charge on any atom is 3.00 e. The number of benzene rings is 3. The molecule has 0 bridgehead atoms. The first-order valence-electron chi connectivity index (χ1n) is 7.62. The minimum absolute atomic E-state index is 0. The van der Waals surface area contributed by atoms with Gasteiger partial charge in [0.25, 0.3) is 0 Å². The fraction of sp³-hybridized carbons (Fsp3) is 0.0455. The fourth-order valence-corrected chi connectivity index (χ4v) is 4.93. The van der Waals surface area contributed by atoms with E-state index in [4.69, 9.17) is 4.79 Å². The first-order chi connectivity index (χ1) is 11.9. The molecule has 0 aliphatic rings. The van der Waals surface area contributed by atoms with E-state index in [1.54, 1.807) is 0 Å². The van der Waals surface area contributed by atoms with Crippen LogP contribution in [0, 0.1) is 14.5 Å². The Morgan fingerprint density at radius 3 is 1.23 bits per heavy atom. The van der Waals surface area contributed by atoms with Gasteiger partial charge in [0.1, 0.15) is 15.9 Å². The van der Waals surface area contributed by atoms with Crippen molar-refractivity contribution in [3.63, 3.8) is 0 Å². The van der Waals surface area contributed by atoms with Crippen molar-refractivity contribution in [3.05, 3.63) is 106 Å². The van der Waals surface area contributed by atoms with E-state index in [0.717, 1.165) is 0 Å². The summed E-state index contributed by atoms with van der Waals surface area (Å²) in [6.45, 7) is -0.0278. The third-order valence-electron chi connectivity index (χ3n) is 3.35. The molecule has 0 saturated heterocycles. The molecule has 0 aliphatic heterocycles. The maximum atomic E-state index is 9.11. The second-order valence-corrected chi connectivity index (χ2v) is 7.45. The van der Waals surface area contributed by atoms with Crippen LogP contribution < -0.4 is 15.9 Å². The van der Waals surface area contributed by atoms with Gasteiger partial charge < -0.3 is 17.0 Å². The van der Waals surface area contributed by atoms with Crippen LogP contribution in [0.25, 0.3) is 0 Å². The normalized spacial score (nSPS) is 9.15. The molecule has 0 amide bonds. The Morgan fingerprint density at radius 2 is 1.04 bits per heavy atom. The molecule has 4 heteroatoms. The first kappa shape index (κ1) is 24.2. The Balaban J connectivity index is 0.000000798. The minimum Gasteiger partial charge on any atom is -0.577 e. The summed E-state index contributed by atoms with van der Waals surface area (Å²) in [5, 5.41) is 4.31. The largest absolute Gasteiger partial charge is 3.00 e. The zero-order chi connectivity index (χ0) is 17.0. The van der Waals surface area contributed by atoms with Gasteiger partial charge in [-0.25, -0.2) is 13.4 Å². The fourth-order valence-electron chi connectivity index (χ4n) is 2.36. The van der Waals surface area contributed by atoms with E-state index >= 15 is 0 Å². The second-order valence-electron chi connectivity index (χ2n) is 4.97. The van der Waals surface area contributed by atoms with Gasteiger partial charge in [0.2, 0.25) is 0 Å². The van der Waals surface area contributed by atoms with Crippen molar-refractivity contribution in [2.45, 2.75) is 0 Å². The van der Waals surface area contributed by atoms with Gasteiger partial charge in [0, 0.05) is 0 Å². The topological polar surface area (TPSA) is 26.3 Å². The van der Waals surface area contributed by atoms with Gasteiger partial charge in [0.15, 0.2) is 0 Å². The number of rotatable bonds is 5. The van der Waals surface area contributed by atoms with Crippen molar-refractivity contribution in [1.82, 2.24) is 0 Å². The monoisotopic (exact) mass is 408 g/mol. The molecule has 26 heavy (non-hydrogen) atoms. The van der Waals surface area contributed by atoms with Crippen LogP contribution in [0.2, 0.25) is 0 Å². The summed E-state index contributed by atoms with van der Waals surface area (Å²) in [5.41, 5.74) is 0. The Bertz CT molecular complexity index is 612. The molecule has 3 rings (SSSR count). The Kier molecular flexibility index (Phi) is 13.4. The molecule has 3 aromatic carbocycles. The van der Waals surface area contributed by atoms with Crippen LogP contribution in [-0.2, 0) is 26.0 Å². The van der Waals surface area contributed by atoms with Gasteiger partial charge in [-0.2, -0.15) is 0 Å². The van der Waals surface area contributed by atoms with Crippen molar-refractivity contribution in [3.8, 4) is 0 Å². The standard InChI is InChI=1S/C18H15P.C3H4O2.CH3.Ni/c1-4-10-16(11-5-1)19(17-12-6-2-7-13-17)18-14-8-3-9-15-18;1-5-3-2-4;;/h1-15H;1,3H2;1H3;/q;-2;-1;+3/p+1. The quantitative estimate of drug-likeness (QED) is 0.366. The van der Waals surface area contributed by atoms with Crippen LogP contribution in [-0.4, -0.2) is 12.9 Å². The third kappa shape index (κ3) is 7.62. The summed E-state index contributed by atoms with van der Waals surface area (Å²) in [4.78, 5) is 9.11. The molecule has 0 fully saturated rings. The predicted molar refractivity (Wildman–Crippen MR) is 110 cm³/mol. The molecular formula is C22H23NiO2P+. The molecule has 2 nitrogen and oxygen atoms in total. The molecule has 0 unspecified atom stereocenters. The SMILES string of the molecule is [CH2-]OC[C-]=O.[CH3-].[Ni+3].c1ccc([PH+](c2ccccc2)c2ccccc2)cc1. The van der Waals surface area contributed by atoms with E-state index < -0.39 is 7.92 Å². The van der Waals surface area contributed by atoms with E-state index in [9.17, 15) is 0 Å². The van der Waals surface area contributed by atoms with Crippen molar-refractivity contribution in [2.75, 3.05) is 6.61 Å². The van der Waals surface area contributed by atoms with Crippen LogP contribution in [0.15, 0.2) is 91.0 Å². The second kappa shape index (κ2) is 14.4. The van der Waals surface area contributed by atoms with Crippen molar-refractivity contribution in [1.29, 1.82) is 0 Å². The van der Waals surface area contributed by atoms with Gasteiger partial charge in [-0.1, -0.05) is 61.2 Å². The Hall–Kier alpha value is -1.79. The minimum atomic E-state index is -0.877. The van der Waals surface area contributed by atoms with Crippen molar-refractivity contribution < 1.29 is 26.0 Å². The molecule has 0 N–H and O–H groups in total. The molecule has 0 aliphatic carbocycles. The van der Waals surface area contributed by atoms with E-state index in [0.29, 0.717) is 0 Å². The molecule has 0 heterocycles. The summed E-state index contributed by atoms with van der Waals surface area (Å²) < 4.78 is 4.02. The summed E-state index contributed by atoms with van der Waals surface area (Å²) in [6, 6.07) is 32.5. The molecule has 137 valence electrons. The summed E-state index contributed by atoms with van der Waals surface area (Å²) in [6.07, 6.45) is 1.48. The Labute approximate surface area is 168 Å². The van der Waals surface area contributed by atoms with Gasteiger partial charge in [0.05, 0.1) is 7.92 Å². The molecule has 3 aromatic rings. The van der Waals surface area contributed by atoms with Crippen molar-refractivity contribution in [2.24, 2.45) is 0 Å². The molecule has 0 aromatic heterocycles. The van der Waals surface area contributed by atoms with Gasteiger partial charge in [-0.05, 0) is 36.4 Å². The average Bonchev–Trinajstić information content (AvgIpc) is 2.66. The van der Waals surface area contributed by atoms with Crippen LogP contribution >= 0.6 is 7.92 Å². The summed E-state index contributed by atoms with van der Waals surface area (Å²) in [5.74, 6) is 0.